The molecule has 4 rings (SSSR count). The number of amides is 1. The van der Waals surface area contributed by atoms with Gasteiger partial charge in [-0.3, -0.25) is 4.79 Å². The number of hydrogen-bond donors (Lipinski definition) is 4. The summed E-state index contributed by atoms with van der Waals surface area (Å²) in [5, 5.41) is 22.0. The molecule has 0 saturated heterocycles. The molecular formula is C23H24N2O6. The smallest absolute Gasteiger partial charge is 0.328 e. The number of nitrogens with one attached hydrogen (secondary N) is 2. The lowest BCUT2D eigenvalue weighted by atomic mass is 9.97. The van der Waals surface area contributed by atoms with Crippen molar-refractivity contribution in [3.8, 4) is 5.75 Å². The number of carboxylic acids is 2. The van der Waals surface area contributed by atoms with Crippen molar-refractivity contribution in [1.29, 1.82) is 0 Å². The highest BCUT2D eigenvalue weighted by molar-refractivity contribution is 6.00. The molecular weight excluding hydrogens is 400 g/mol. The molecule has 0 spiro atoms. The van der Waals surface area contributed by atoms with E-state index in [0.717, 1.165) is 42.9 Å². The number of aryl methyl sites for hydroxylation is 1. The van der Waals surface area contributed by atoms with Crippen LogP contribution < -0.4 is 15.4 Å². The molecule has 1 atom stereocenters. The van der Waals surface area contributed by atoms with E-state index >= 15 is 0 Å². The van der Waals surface area contributed by atoms with E-state index < -0.39 is 11.9 Å². The highest BCUT2D eigenvalue weighted by Gasteiger charge is 2.28. The Hall–Kier alpha value is -3.65. The molecule has 2 aromatic rings. The standard InChI is InChI=1S/C19H20N2O2.C4H4O4/c22-18-10-16-17(21-18)9-7-14-6-8-15(23-19(14)16)12-20-11-13-4-2-1-3-5-13;5-3(6)1-2-4(7)8/h1-5,7,9,15,20H,6,8,10-12H2,(H,21,22);1-2H,(H,5,6)(H,7,8)/b;2-1+. The topological polar surface area (TPSA) is 125 Å². The number of benzene rings is 2. The van der Waals surface area contributed by atoms with Gasteiger partial charge in [-0.05, 0) is 30.0 Å². The van der Waals surface area contributed by atoms with Crippen molar-refractivity contribution >= 4 is 23.5 Å². The van der Waals surface area contributed by atoms with Crippen molar-refractivity contribution in [2.24, 2.45) is 0 Å². The third-order valence-corrected chi connectivity index (χ3v) is 4.89. The molecule has 162 valence electrons. The predicted molar refractivity (Wildman–Crippen MR) is 114 cm³/mol. The molecule has 4 N–H and O–H groups in total. The summed E-state index contributed by atoms with van der Waals surface area (Å²) >= 11 is 0. The van der Waals surface area contributed by atoms with E-state index in [2.05, 4.69) is 41.0 Å². The van der Waals surface area contributed by atoms with E-state index in [1.54, 1.807) is 0 Å². The van der Waals surface area contributed by atoms with Gasteiger partial charge < -0.3 is 25.6 Å². The van der Waals surface area contributed by atoms with Crippen LogP contribution in [0.2, 0.25) is 0 Å². The molecule has 8 nitrogen and oxygen atoms in total. The summed E-state index contributed by atoms with van der Waals surface area (Å²) in [7, 11) is 0. The zero-order valence-electron chi connectivity index (χ0n) is 16.8. The molecule has 1 amide bonds. The molecule has 8 heteroatoms. The third-order valence-electron chi connectivity index (χ3n) is 4.89. The Balaban J connectivity index is 0.000000293. The van der Waals surface area contributed by atoms with E-state index in [1.807, 2.05) is 12.1 Å². The molecule has 2 heterocycles. The van der Waals surface area contributed by atoms with Gasteiger partial charge in [0.15, 0.2) is 0 Å². The molecule has 0 radical (unpaired) electrons. The van der Waals surface area contributed by atoms with Crippen LogP contribution in [-0.2, 0) is 33.8 Å². The van der Waals surface area contributed by atoms with Crippen LogP contribution in [-0.4, -0.2) is 40.7 Å². The van der Waals surface area contributed by atoms with E-state index in [4.69, 9.17) is 14.9 Å². The first-order chi connectivity index (χ1) is 14.9. The second kappa shape index (κ2) is 10.4. The van der Waals surface area contributed by atoms with Crippen molar-refractivity contribution in [3.05, 3.63) is 71.3 Å². The van der Waals surface area contributed by atoms with E-state index in [1.165, 1.54) is 11.1 Å². The summed E-state index contributed by atoms with van der Waals surface area (Å²) in [6, 6.07) is 14.4. The maximum Gasteiger partial charge on any atom is 0.328 e. The molecule has 1 unspecified atom stereocenters. The minimum atomic E-state index is -1.26. The third kappa shape index (κ3) is 6.42. The highest BCUT2D eigenvalue weighted by Crippen LogP contribution is 2.38. The molecule has 2 aliphatic heterocycles. The molecule has 0 bridgehead atoms. The minimum absolute atomic E-state index is 0.0568. The van der Waals surface area contributed by atoms with Crippen molar-refractivity contribution in [2.75, 3.05) is 11.9 Å². The lowest BCUT2D eigenvalue weighted by molar-refractivity contribution is -0.134. The fourth-order valence-electron chi connectivity index (χ4n) is 3.47. The number of carboxylic acid groups (broad SMARTS) is 2. The van der Waals surface area contributed by atoms with Crippen LogP contribution in [0.15, 0.2) is 54.6 Å². The fourth-order valence-corrected chi connectivity index (χ4v) is 3.47. The summed E-state index contributed by atoms with van der Waals surface area (Å²) in [5.41, 5.74) is 4.44. The molecule has 2 aliphatic rings. The number of fused-ring (bicyclic) bond motifs is 3. The highest BCUT2D eigenvalue weighted by atomic mass is 16.5. The maximum absolute atomic E-state index is 11.6. The first-order valence-corrected chi connectivity index (χ1v) is 9.92. The Morgan fingerprint density at radius 3 is 2.48 bits per heavy atom. The van der Waals surface area contributed by atoms with E-state index in [9.17, 15) is 14.4 Å². The normalized spacial score (nSPS) is 16.4. The Kier molecular flexibility index (Phi) is 7.40. The zero-order valence-corrected chi connectivity index (χ0v) is 16.8. The maximum atomic E-state index is 11.6. The van der Waals surface area contributed by atoms with Crippen LogP contribution in [0, 0.1) is 0 Å². The minimum Gasteiger partial charge on any atom is -0.488 e. The van der Waals surface area contributed by atoms with Crippen LogP contribution >= 0.6 is 0 Å². The van der Waals surface area contributed by atoms with Crippen LogP contribution in [0.5, 0.6) is 5.75 Å². The number of aliphatic carboxylic acids is 2. The van der Waals surface area contributed by atoms with Gasteiger partial charge in [0.25, 0.3) is 0 Å². The molecule has 2 aromatic carbocycles. The Morgan fingerprint density at radius 2 is 1.81 bits per heavy atom. The van der Waals surface area contributed by atoms with Crippen LogP contribution in [0.4, 0.5) is 5.69 Å². The lowest BCUT2D eigenvalue weighted by Crippen LogP contribution is -2.34. The van der Waals surface area contributed by atoms with Crippen molar-refractivity contribution in [1.82, 2.24) is 5.32 Å². The lowest BCUT2D eigenvalue weighted by Gasteiger charge is -2.28. The molecule has 0 aliphatic carbocycles. The van der Waals surface area contributed by atoms with Crippen LogP contribution in [0.1, 0.15) is 23.1 Å². The number of rotatable bonds is 6. The van der Waals surface area contributed by atoms with Crippen molar-refractivity contribution in [3.63, 3.8) is 0 Å². The molecule has 0 aromatic heterocycles. The van der Waals surface area contributed by atoms with E-state index in [-0.39, 0.29) is 12.0 Å². The SMILES string of the molecule is O=C(O)/C=C/C(=O)O.O=C1Cc2c(ccc3c2OC(CNCc2ccccc2)CC3)N1. The fraction of sp³-hybridized carbons (Fsp3) is 0.261. The molecule has 0 saturated carbocycles. The summed E-state index contributed by atoms with van der Waals surface area (Å²) in [4.78, 5) is 30.7. The average Bonchev–Trinajstić information content (AvgIpc) is 3.14. The average molecular weight is 424 g/mol. The Labute approximate surface area is 179 Å². The van der Waals surface area contributed by atoms with Gasteiger partial charge in [-0.25, -0.2) is 9.59 Å². The summed E-state index contributed by atoms with van der Waals surface area (Å²) in [6.45, 7) is 1.67. The summed E-state index contributed by atoms with van der Waals surface area (Å²) in [6.07, 6.45) is 3.73. The number of carbonyl (C=O) groups is 3. The van der Waals surface area contributed by atoms with Gasteiger partial charge in [0, 0.05) is 36.5 Å². The monoisotopic (exact) mass is 424 g/mol. The first-order valence-electron chi connectivity index (χ1n) is 9.92. The molecule has 0 fully saturated rings. The zero-order chi connectivity index (χ0) is 22.2. The largest absolute Gasteiger partial charge is 0.488 e. The predicted octanol–water partition coefficient (Wildman–Crippen LogP) is 2.38. The van der Waals surface area contributed by atoms with Gasteiger partial charge in [-0.1, -0.05) is 36.4 Å². The number of carbonyl (C=O) groups excluding carboxylic acids is 1. The summed E-state index contributed by atoms with van der Waals surface area (Å²) in [5.74, 6) is -1.53. The second-order valence-electron chi connectivity index (χ2n) is 7.21. The Bertz CT molecular complexity index is 971. The summed E-state index contributed by atoms with van der Waals surface area (Å²) < 4.78 is 6.21. The van der Waals surface area contributed by atoms with Gasteiger partial charge >= 0.3 is 11.9 Å². The van der Waals surface area contributed by atoms with Gasteiger partial charge in [-0.15, -0.1) is 0 Å². The number of ether oxygens (including phenoxy) is 1. The quantitative estimate of drug-likeness (QED) is 0.525. The van der Waals surface area contributed by atoms with E-state index in [0.29, 0.717) is 18.6 Å². The second-order valence-corrected chi connectivity index (χ2v) is 7.21. The Morgan fingerprint density at radius 1 is 1.10 bits per heavy atom. The van der Waals surface area contributed by atoms with Gasteiger partial charge in [0.1, 0.15) is 11.9 Å². The van der Waals surface area contributed by atoms with Crippen LogP contribution in [0.3, 0.4) is 0 Å². The number of hydrogen-bond acceptors (Lipinski definition) is 5. The van der Waals surface area contributed by atoms with Gasteiger partial charge in [0.05, 0.1) is 6.42 Å². The van der Waals surface area contributed by atoms with Gasteiger partial charge in [0.2, 0.25) is 5.91 Å². The van der Waals surface area contributed by atoms with Crippen molar-refractivity contribution in [2.45, 2.75) is 31.9 Å². The van der Waals surface area contributed by atoms with Crippen LogP contribution in [0.25, 0.3) is 0 Å². The first kappa shape index (κ1) is 22.0. The molecule has 31 heavy (non-hydrogen) atoms. The number of anilines is 1. The van der Waals surface area contributed by atoms with Gasteiger partial charge in [-0.2, -0.15) is 0 Å². The van der Waals surface area contributed by atoms with Crippen molar-refractivity contribution < 1.29 is 29.3 Å².